The Morgan fingerprint density at radius 3 is 2.42 bits per heavy atom. The van der Waals surface area contributed by atoms with Crippen molar-refractivity contribution < 1.29 is 0 Å². The van der Waals surface area contributed by atoms with E-state index in [1.165, 1.54) is 16.7 Å². The molecular formula is C12H16. The number of hydrogen-bond acceptors (Lipinski definition) is 0. The minimum Gasteiger partial charge on any atom is -0.102 e. The van der Waals surface area contributed by atoms with E-state index in [1.807, 2.05) is 6.08 Å². The smallest absolute Gasteiger partial charge is 0.00130 e. The molecule has 1 aromatic carbocycles. The summed E-state index contributed by atoms with van der Waals surface area (Å²) in [7, 11) is 0. The van der Waals surface area contributed by atoms with Crippen LogP contribution in [0.2, 0.25) is 0 Å². The normalized spacial score (nSPS) is 12.6. The van der Waals surface area contributed by atoms with Crippen LogP contribution in [0.3, 0.4) is 0 Å². The fourth-order valence-corrected chi connectivity index (χ4v) is 1.18. The maximum Gasteiger partial charge on any atom is -0.00130 e. The second-order valence-electron chi connectivity index (χ2n) is 3.37. The average Bonchev–Trinajstić information content (AvgIpc) is 2.08. The molecule has 0 aliphatic carbocycles. The van der Waals surface area contributed by atoms with Crippen molar-refractivity contribution in [1.29, 1.82) is 0 Å². The molecule has 0 heterocycles. The molecule has 0 N–H and O–H groups in total. The largest absolute Gasteiger partial charge is 0.102 e. The lowest BCUT2D eigenvalue weighted by Gasteiger charge is -2.08. The first-order chi connectivity index (χ1) is 5.65. The van der Waals surface area contributed by atoms with E-state index in [0.717, 1.165) is 0 Å². The number of benzene rings is 1. The van der Waals surface area contributed by atoms with Crippen molar-refractivity contribution in [1.82, 2.24) is 0 Å². The standard InChI is InChI=1S/C12H16/c1-5-9(2)12-7-6-10(3)11(4)8-12/h5-9H,1H2,2-4H3. The quantitative estimate of drug-likeness (QED) is 0.580. The molecule has 0 bridgehead atoms. The van der Waals surface area contributed by atoms with E-state index in [1.54, 1.807) is 0 Å². The van der Waals surface area contributed by atoms with Crippen molar-refractivity contribution in [3.63, 3.8) is 0 Å². The van der Waals surface area contributed by atoms with Crippen molar-refractivity contribution in [3.05, 3.63) is 47.5 Å². The summed E-state index contributed by atoms with van der Waals surface area (Å²) in [5.41, 5.74) is 4.07. The Balaban J connectivity index is 3.04. The first kappa shape index (κ1) is 9.05. The van der Waals surface area contributed by atoms with Gasteiger partial charge in [-0.3, -0.25) is 0 Å². The van der Waals surface area contributed by atoms with Gasteiger partial charge in [-0.05, 0) is 36.5 Å². The molecule has 1 aromatic rings. The van der Waals surface area contributed by atoms with Crippen LogP contribution in [-0.2, 0) is 0 Å². The van der Waals surface area contributed by atoms with Gasteiger partial charge in [-0.1, -0.05) is 31.2 Å². The van der Waals surface area contributed by atoms with Gasteiger partial charge < -0.3 is 0 Å². The third-order valence-electron chi connectivity index (χ3n) is 2.41. The lowest BCUT2D eigenvalue weighted by molar-refractivity contribution is 0.966. The number of allylic oxidation sites excluding steroid dienone is 1. The van der Waals surface area contributed by atoms with Crippen LogP contribution in [0, 0.1) is 13.8 Å². The minimum atomic E-state index is 0.462. The Bertz CT molecular complexity index is 284. The van der Waals surface area contributed by atoms with E-state index in [4.69, 9.17) is 0 Å². The van der Waals surface area contributed by atoms with Crippen molar-refractivity contribution in [2.45, 2.75) is 26.7 Å². The van der Waals surface area contributed by atoms with Gasteiger partial charge >= 0.3 is 0 Å². The molecule has 0 aliphatic heterocycles. The van der Waals surface area contributed by atoms with E-state index in [9.17, 15) is 0 Å². The SMILES string of the molecule is C=CC(C)c1ccc(C)c(C)c1. The highest BCUT2D eigenvalue weighted by Gasteiger charge is 2.01. The molecule has 1 atom stereocenters. The molecule has 0 heteroatoms. The van der Waals surface area contributed by atoms with Gasteiger partial charge in [-0.25, -0.2) is 0 Å². The first-order valence-electron chi connectivity index (χ1n) is 4.35. The van der Waals surface area contributed by atoms with Gasteiger partial charge in [-0.15, -0.1) is 6.58 Å². The van der Waals surface area contributed by atoms with Crippen LogP contribution < -0.4 is 0 Å². The molecule has 0 saturated carbocycles. The zero-order valence-corrected chi connectivity index (χ0v) is 8.09. The fraction of sp³-hybridized carbons (Fsp3) is 0.333. The Morgan fingerprint density at radius 2 is 1.92 bits per heavy atom. The highest BCUT2D eigenvalue weighted by atomic mass is 14.1. The third-order valence-corrected chi connectivity index (χ3v) is 2.41. The molecule has 1 unspecified atom stereocenters. The molecule has 0 saturated heterocycles. The monoisotopic (exact) mass is 160 g/mol. The minimum absolute atomic E-state index is 0.462. The molecule has 12 heavy (non-hydrogen) atoms. The molecule has 0 radical (unpaired) electrons. The molecule has 64 valence electrons. The summed E-state index contributed by atoms with van der Waals surface area (Å²) >= 11 is 0. The highest BCUT2D eigenvalue weighted by molar-refractivity contribution is 5.32. The maximum atomic E-state index is 3.79. The Kier molecular flexibility index (Phi) is 2.69. The first-order valence-corrected chi connectivity index (χ1v) is 4.35. The Morgan fingerprint density at radius 1 is 1.25 bits per heavy atom. The summed E-state index contributed by atoms with van der Waals surface area (Å²) in [5, 5.41) is 0. The zero-order chi connectivity index (χ0) is 9.14. The van der Waals surface area contributed by atoms with Gasteiger partial charge in [0, 0.05) is 0 Å². The second kappa shape index (κ2) is 3.57. The second-order valence-corrected chi connectivity index (χ2v) is 3.37. The summed E-state index contributed by atoms with van der Waals surface area (Å²) in [5.74, 6) is 0.462. The van der Waals surface area contributed by atoms with Crippen LogP contribution in [0.25, 0.3) is 0 Å². The molecule has 0 aliphatic rings. The van der Waals surface area contributed by atoms with Gasteiger partial charge in [0.25, 0.3) is 0 Å². The predicted molar refractivity (Wildman–Crippen MR) is 54.5 cm³/mol. The van der Waals surface area contributed by atoms with Gasteiger partial charge in [-0.2, -0.15) is 0 Å². The summed E-state index contributed by atoms with van der Waals surface area (Å²) in [6.07, 6.45) is 1.98. The van der Waals surface area contributed by atoms with E-state index in [2.05, 4.69) is 45.5 Å². The number of aryl methyl sites for hydroxylation is 2. The van der Waals surface area contributed by atoms with Crippen molar-refractivity contribution in [2.75, 3.05) is 0 Å². The number of hydrogen-bond donors (Lipinski definition) is 0. The zero-order valence-electron chi connectivity index (χ0n) is 8.09. The van der Waals surface area contributed by atoms with Gasteiger partial charge in [0.2, 0.25) is 0 Å². The fourth-order valence-electron chi connectivity index (χ4n) is 1.18. The average molecular weight is 160 g/mol. The number of rotatable bonds is 2. The lowest BCUT2D eigenvalue weighted by Crippen LogP contribution is -1.90. The third kappa shape index (κ3) is 1.76. The Hall–Kier alpha value is -1.04. The summed E-state index contributed by atoms with van der Waals surface area (Å²) < 4.78 is 0. The molecule has 0 amide bonds. The van der Waals surface area contributed by atoms with E-state index in [-0.39, 0.29) is 0 Å². The van der Waals surface area contributed by atoms with E-state index >= 15 is 0 Å². The van der Waals surface area contributed by atoms with E-state index in [0.29, 0.717) is 5.92 Å². The molecular weight excluding hydrogens is 144 g/mol. The van der Waals surface area contributed by atoms with Crippen LogP contribution in [0.15, 0.2) is 30.9 Å². The topological polar surface area (TPSA) is 0 Å². The van der Waals surface area contributed by atoms with Crippen LogP contribution in [-0.4, -0.2) is 0 Å². The van der Waals surface area contributed by atoms with Crippen LogP contribution in [0.1, 0.15) is 29.5 Å². The van der Waals surface area contributed by atoms with Crippen LogP contribution >= 0.6 is 0 Å². The summed E-state index contributed by atoms with van der Waals surface area (Å²) in [4.78, 5) is 0. The highest BCUT2D eigenvalue weighted by Crippen LogP contribution is 2.18. The van der Waals surface area contributed by atoms with E-state index < -0.39 is 0 Å². The molecule has 0 fully saturated rings. The van der Waals surface area contributed by atoms with Crippen molar-refractivity contribution >= 4 is 0 Å². The van der Waals surface area contributed by atoms with Gasteiger partial charge in [0.15, 0.2) is 0 Å². The predicted octanol–water partition coefficient (Wildman–Crippen LogP) is 3.59. The van der Waals surface area contributed by atoms with Crippen LogP contribution in [0.5, 0.6) is 0 Å². The van der Waals surface area contributed by atoms with Crippen LogP contribution in [0.4, 0.5) is 0 Å². The molecule has 0 aromatic heterocycles. The molecule has 1 rings (SSSR count). The maximum absolute atomic E-state index is 3.79. The molecule has 0 spiro atoms. The lowest BCUT2D eigenvalue weighted by atomic mass is 9.97. The van der Waals surface area contributed by atoms with Crippen molar-refractivity contribution in [2.24, 2.45) is 0 Å². The summed E-state index contributed by atoms with van der Waals surface area (Å²) in [6, 6.07) is 6.58. The molecule has 0 nitrogen and oxygen atoms in total. The van der Waals surface area contributed by atoms with Gasteiger partial charge in [0.05, 0.1) is 0 Å². The Labute approximate surface area is 74.9 Å². The summed E-state index contributed by atoms with van der Waals surface area (Å²) in [6.45, 7) is 10.2. The van der Waals surface area contributed by atoms with Gasteiger partial charge in [0.1, 0.15) is 0 Å². The van der Waals surface area contributed by atoms with Crippen molar-refractivity contribution in [3.8, 4) is 0 Å².